The van der Waals surface area contributed by atoms with Crippen LogP contribution in [-0.2, 0) is 11.2 Å². The van der Waals surface area contributed by atoms with Crippen molar-refractivity contribution in [2.24, 2.45) is 5.73 Å². The lowest BCUT2D eigenvalue weighted by Crippen LogP contribution is -2.46. The maximum absolute atomic E-state index is 6.11. The SMILES string of the molecule is COC(C)(C)C(N)Cc1cn2ccsc2n1. The maximum atomic E-state index is 6.11. The summed E-state index contributed by atoms with van der Waals surface area (Å²) in [6.45, 7) is 3.99. The fourth-order valence-electron chi connectivity index (χ4n) is 1.50. The highest BCUT2D eigenvalue weighted by molar-refractivity contribution is 7.15. The van der Waals surface area contributed by atoms with Gasteiger partial charge in [-0.15, -0.1) is 11.3 Å². The van der Waals surface area contributed by atoms with Gasteiger partial charge in [0, 0.05) is 37.3 Å². The van der Waals surface area contributed by atoms with Crippen LogP contribution in [0, 0.1) is 0 Å². The molecule has 0 aromatic carbocycles. The van der Waals surface area contributed by atoms with E-state index in [2.05, 4.69) is 4.98 Å². The number of rotatable bonds is 4. The van der Waals surface area contributed by atoms with E-state index in [1.54, 1.807) is 18.4 Å². The van der Waals surface area contributed by atoms with Crippen LogP contribution in [0.25, 0.3) is 4.96 Å². The summed E-state index contributed by atoms with van der Waals surface area (Å²) in [6.07, 6.45) is 4.76. The van der Waals surface area contributed by atoms with Crippen LogP contribution in [0.1, 0.15) is 19.5 Å². The largest absolute Gasteiger partial charge is 0.377 e. The van der Waals surface area contributed by atoms with Crippen LogP contribution in [0.3, 0.4) is 0 Å². The Morgan fingerprint density at radius 1 is 1.62 bits per heavy atom. The normalized spacial score (nSPS) is 14.5. The molecule has 2 N–H and O–H groups in total. The predicted molar refractivity (Wildman–Crippen MR) is 65.8 cm³/mol. The molecular weight excluding hydrogens is 222 g/mol. The second-order valence-electron chi connectivity index (χ2n) is 4.44. The first kappa shape index (κ1) is 11.6. The van der Waals surface area contributed by atoms with Crippen molar-refractivity contribution in [1.29, 1.82) is 0 Å². The summed E-state index contributed by atoms with van der Waals surface area (Å²) in [6, 6.07) is -0.0536. The van der Waals surface area contributed by atoms with Crippen molar-refractivity contribution in [3.63, 3.8) is 0 Å². The van der Waals surface area contributed by atoms with Gasteiger partial charge in [-0.05, 0) is 13.8 Å². The average Bonchev–Trinajstić information content (AvgIpc) is 2.77. The number of hydrogen-bond donors (Lipinski definition) is 1. The third-order valence-electron chi connectivity index (χ3n) is 2.99. The molecule has 2 rings (SSSR count). The van der Waals surface area contributed by atoms with Crippen molar-refractivity contribution >= 4 is 16.3 Å². The van der Waals surface area contributed by atoms with E-state index >= 15 is 0 Å². The number of nitrogens with two attached hydrogens (primary N) is 1. The van der Waals surface area contributed by atoms with Crippen molar-refractivity contribution < 1.29 is 4.74 Å². The van der Waals surface area contributed by atoms with E-state index in [0.29, 0.717) is 0 Å². The van der Waals surface area contributed by atoms with Gasteiger partial charge in [-0.3, -0.25) is 4.40 Å². The number of ether oxygens (including phenoxy) is 1. The molecule has 0 amide bonds. The molecule has 5 heteroatoms. The lowest BCUT2D eigenvalue weighted by atomic mass is 9.95. The number of fused-ring (bicyclic) bond motifs is 1. The minimum Gasteiger partial charge on any atom is -0.377 e. The predicted octanol–water partition coefficient (Wildman–Crippen LogP) is 1.69. The summed E-state index contributed by atoms with van der Waals surface area (Å²) in [5.74, 6) is 0. The highest BCUT2D eigenvalue weighted by Crippen LogP contribution is 2.17. The molecule has 1 atom stereocenters. The number of methoxy groups -OCH3 is 1. The van der Waals surface area contributed by atoms with Crippen molar-refractivity contribution in [2.75, 3.05) is 7.11 Å². The minimum absolute atomic E-state index is 0.0536. The molecule has 0 radical (unpaired) electrons. The molecule has 0 fully saturated rings. The van der Waals surface area contributed by atoms with Gasteiger partial charge in [0.15, 0.2) is 4.96 Å². The van der Waals surface area contributed by atoms with Gasteiger partial charge in [-0.2, -0.15) is 0 Å². The zero-order valence-electron chi connectivity index (χ0n) is 9.80. The van der Waals surface area contributed by atoms with E-state index < -0.39 is 0 Å². The maximum Gasteiger partial charge on any atom is 0.193 e. The third kappa shape index (κ3) is 2.11. The van der Waals surface area contributed by atoms with Crippen molar-refractivity contribution in [1.82, 2.24) is 9.38 Å². The molecule has 0 aliphatic carbocycles. The van der Waals surface area contributed by atoms with Crippen LogP contribution < -0.4 is 5.73 Å². The van der Waals surface area contributed by atoms with Crippen LogP contribution >= 0.6 is 11.3 Å². The Labute approximate surface area is 99.1 Å². The zero-order chi connectivity index (χ0) is 11.8. The molecule has 2 heterocycles. The summed E-state index contributed by atoms with van der Waals surface area (Å²) in [4.78, 5) is 5.52. The summed E-state index contributed by atoms with van der Waals surface area (Å²) in [7, 11) is 1.69. The smallest absolute Gasteiger partial charge is 0.193 e. The van der Waals surface area contributed by atoms with E-state index in [4.69, 9.17) is 10.5 Å². The lowest BCUT2D eigenvalue weighted by Gasteiger charge is -2.29. The fraction of sp³-hybridized carbons (Fsp3) is 0.545. The molecule has 0 aliphatic rings. The second-order valence-corrected chi connectivity index (χ2v) is 5.32. The molecule has 16 heavy (non-hydrogen) atoms. The molecule has 2 aromatic rings. The van der Waals surface area contributed by atoms with Crippen LogP contribution in [-0.4, -0.2) is 28.1 Å². The highest BCUT2D eigenvalue weighted by Gasteiger charge is 2.26. The zero-order valence-corrected chi connectivity index (χ0v) is 10.6. The topological polar surface area (TPSA) is 52.5 Å². The van der Waals surface area contributed by atoms with Crippen molar-refractivity contribution in [2.45, 2.75) is 31.9 Å². The Kier molecular flexibility index (Phi) is 3.01. The van der Waals surface area contributed by atoms with Gasteiger partial charge in [0.2, 0.25) is 0 Å². The first-order valence-corrected chi connectivity index (χ1v) is 6.12. The van der Waals surface area contributed by atoms with Crippen molar-refractivity contribution in [3.8, 4) is 0 Å². The Bertz CT molecular complexity index is 446. The van der Waals surface area contributed by atoms with Crippen molar-refractivity contribution in [3.05, 3.63) is 23.5 Å². The molecule has 4 nitrogen and oxygen atoms in total. The van der Waals surface area contributed by atoms with E-state index in [1.807, 2.05) is 36.0 Å². The van der Waals surface area contributed by atoms with Gasteiger partial charge in [-0.25, -0.2) is 4.98 Å². The number of imidazole rings is 1. The molecule has 1 unspecified atom stereocenters. The Morgan fingerprint density at radius 2 is 2.38 bits per heavy atom. The Morgan fingerprint density at radius 3 is 3.00 bits per heavy atom. The van der Waals surface area contributed by atoms with Gasteiger partial charge >= 0.3 is 0 Å². The standard InChI is InChI=1S/C11H17N3OS/c1-11(2,15-3)9(12)6-8-7-14-4-5-16-10(14)13-8/h4-5,7,9H,6,12H2,1-3H3. The minimum atomic E-state index is -0.322. The summed E-state index contributed by atoms with van der Waals surface area (Å²) in [5.41, 5.74) is 6.81. The summed E-state index contributed by atoms with van der Waals surface area (Å²) in [5, 5.41) is 2.02. The molecular formula is C11H17N3OS. The summed E-state index contributed by atoms with van der Waals surface area (Å²) >= 11 is 1.63. The van der Waals surface area contributed by atoms with Gasteiger partial charge in [0.1, 0.15) is 0 Å². The molecule has 88 valence electrons. The quantitative estimate of drug-likeness (QED) is 0.883. The number of nitrogens with zero attached hydrogens (tertiary/aromatic N) is 2. The third-order valence-corrected chi connectivity index (χ3v) is 3.76. The van der Waals surface area contributed by atoms with E-state index in [-0.39, 0.29) is 11.6 Å². The summed E-state index contributed by atoms with van der Waals surface area (Å²) < 4.78 is 7.39. The molecule has 0 saturated heterocycles. The van der Waals surface area contributed by atoms with Crippen LogP contribution in [0.5, 0.6) is 0 Å². The Balaban J connectivity index is 2.13. The van der Waals surface area contributed by atoms with E-state index in [9.17, 15) is 0 Å². The van der Waals surface area contributed by atoms with E-state index in [1.165, 1.54) is 0 Å². The number of thiazole rings is 1. The Hall–Kier alpha value is -0.910. The first-order valence-electron chi connectivity index (χ1n) is 5.25. The van der Waals surface area contributed by atoms with Crippen LogP contribution in [0.2, 0.25) is 0 Å². The van der Waals surface area contributed by atoms with E-state index in [0.717, 1.165) is 17.1 Å². The van der Waals surface area contributed by atoms with Crippen LogP contribution in [0.15, 0.2) is 17.8 Å². The van der Waals surface area contributed by atoms with Gasteiger partial charge in [0.05, 0.1) is 11.3 Å². The van der Waals surface area contributed by atoms with Crippen LogP contribution in [0.4, 0.5) is 0 Å². The fourth-order valence-corrected chi connectivity index (χ4v) is 2.22. The average molecular weight is 239 g/mol. The molecule has 0 spiro atoms. The molecule has 0 bridgehead atoms. The number of hydrogen-bond acceptors (Lipinski definition) is 4. The van der Waals surface area contributed by atoms with Gasteiger partial charge < -0.3 is 10.5 Å². The molecule has 0 aliphatic heterocycles. The lowest BCUT2D eigenvalue weighted by molar-refractivity contribution is 0.000606. The monoisotopic (exact) mass is 239 g/mol. The molecule has 0 saturated carbocycles. The highest BCUT2D eigenvalue weighted by atomic mass is 32.1. The van der Waals surface area contributed by atoms with Gasteiger partial charge in [0.25, 0.3) is 0 Å². The van der Waals surface area contributed by atoms with Gasteiger partial charge in [-0.1, -0.05) is 0 Å². The number of aromatic nitrogens is 2. The molecule has 2 aromatic heterocycles. The second kappa shape index (κ2) is 4.16. The first-order chi connectivity index (χ1) is 7.53.